The summed E-state index contributed by atoms with van der Waals surface area (Å²) in [6.07, 6.45) is 8.40. The van der Waals surface area contributed by atoms with E-state index in [4.69, 9.17) is 0 Å². The minimum absolute atomic E-state index is 0.489. The van der Waals surface area contributed by atoms with Gasteiger partial charge < -0.3 is 5.32 Å². The lowest BCUT2D eigenvalue weighted by Crippen LogP contribution is -2.43. The van der Waals surface area contributed by atoms with Gasteiger partial charge in [-0.25, -0.2) is 0 Å². The Balaban J connectivity index is 2.67. The van der Waals surface area contributed by atoms with Crippen molar-refractivity contribution in [3.05, 3.63) is 0 Å². The number of nitrogens with one attached hydrogen (secondary N) is 1. The van der Waals surface area contributed by atoms with Crippen LogP contribution in [0.3, 0.4) is 0 Å². The van der Waals surface area contributed by atoms with Crippen molar-refractivity contribution in [2.45, 2.75) is 86.1 Å². The average molecular weight is 268 g/mol. The van der Waals surface area contributed by atoms with Crippen LogP contribution in [0, 0.1) is 23.2 Å². The van der Waals surface area contributed by atoms with E-state index in [-0.39, 0.29) is 0 Å². The molecule has 1 aliphatic carbocycles. The van der Waals surface area contributed by atoms with Gasteiger partial charge in [-0.15, -0.1) is 0 Å². The van der Waals surface area contributed by atoms with Crippen molar-refractivity contribution in [3.63, 3.8) is 0 Å². The summed E-state index contributed by atoms with van der Waals surface area (Å²) in [5, 5.41) is 3.76. The highest BCUT2D eigenvalue weighted by Crippen LogP contribution is 2.42. The highest BCUT2D eigenvalue weighted by atomic mass is 14.9. The molecule has 19 heavy (non-hydrogen) atoms. The number of hydrogen-bond donors (Lipinski definition) is 1. The van der Waals surface area contributed by atoms with E-state index in [1.807, 2.05) is 0 Å². The van der Waals surface area contributed by atoms with Gasteiger partial charge in [0, 0.05) is 6.04 Å². The third-order valence-corrected chi connectivity index (χ3v) is 5.46. The summed E-state index contributed by atoms with van der Waals surface area (Å²) in [4.78, 5) is 0. The molecule has 3 atom stereocenters. The van der Waals surface area contributed by atoms with Crippen LogP contribution in [0.4, 0.5) is 0 Å². The SMILES string of the molecule is CCNC1CCC(C(C)(C)C)CC1CC(CC)CC. The molecule has 0 radical (unpaired) electrons. The van der Waals surface area contributed by atoms with E-state index in [0.29, 0.717) is 5.41 Å². The van der Waals surface area contributed by atoms with Crippen LogP contribution in [0.2, 0.25) is 0 Å². The van der Waals surface area contributed by atoms with Crippen LogP contribution >= 0.6 is 0 Å². The van der Waals surface area contributed by atoms with Crippen LogP contribution in [0.1, 0.15) is 80.1 Å². The first kappa shape index (κ1) is 17.0. The van der Waals surface area contributed by atoms with Gasteiger partial charge >= 0.3 is 0 Å². The predicted octanol–water partition coefficient (Wildman–Crippen LogP) is 5.25. The highest BCUT2D eigenvalue weighted by Gasteiger charge is 2.35. The van der Waals surface area contributed by atoms with E-state index < -0.39 is 0 Å². The van der Waals surface area contributed by atoms with Gasteiger partial charge in [-0.2, -0.15) is 0 Å². The van der Waals surface area contributed by atoms with Gasteiger partial charge in [-0.1, -0.05) is 54.4 Å². The third-order valence-electron chi connectivity index (χ3n) is 5.46. The molecule has 0 saturated heterocycles. The molecule has 0 bridgehead atoms. The zero-order chi connectivity index (χ0) is 14.5. The maximum absolute atomic E-state index is 3.76. The van der Waals surface area contributed by atoms with Crippen LogP contribution in [-0.4, -0.2) is 12.6 Å². The monoisotopic (exact) mass is 267 g/mol. The number of hydrogen-bond acceptors (Lipinski definition) is 1. The summed E-state index contributed by atoms with van der Waals surface area (Å²) in [6, 6.07) is 0.782. The van der Waals surface area contributed by atoms with E-state index in [0.717, 1.165) is 30.3 Å². The highest BCUT2D eigenvalue weighted by molar-refractivity contribution is 4.89. The van der Waals surface area contributed by atoms with Gasteiger partial charge in [0.2, 0.25) is 0 Å². The normalized spacial score (nSPS) is 28.9. The molecule has 1 heteroatoms. The summed E-state index contributed by atoms with van der Waals surface area (Å²) in [5.74, 6) is 2.76. The molecule has 0 aromatic heterocycles. The molecule has 1 N–H and O–H groups in total. The van der Waals surface area contributed by atoms with E-state index in [1.165, 1.54) is 38.5 Å². The lowest BCUT2D eigenvalue weighted by atomic mass is 9.65. The van der Waals surface area contributed by atoms with Crippen molar-refractivity contribution in [1.82, 2.24) is 5.32 Å². The first-order valence-corrected chi connectivity index (χ1v) is 8.65. The van der Waals surface area contributed by atoms with Gasteiger partial charge in [0.25, 0.3) is 0 Å². The van der Waals surface area contributed by atoms with Crippen molar-refractivity contribution in [2.24, 2.45) is 23.2 Å². The standard InChI is InChI=1S/C18H37N/c1-7-14(8-2)12-15-13-16(18(4,5)6)10-11-17(15)19-9-3/h14-17,19H,7-13H2,1-6H3. The average Bonchev–Trinajstić information content (AvgIpc) is 2.36. The molecule has 1 rings (SSSR count). The molecule has 1 aliphatic rings. The molecule has 114 valence electrons. The summed E-state index contributed by atoms with van der Waals surface area (Å²) in [6.45, 7) is 15.4. The maximum Gasteiger partial charge on any atom is 0.00955 e. The largest absolute Gasteiger partial charge is 0.314 e. The fourth-order valence-corrected chi connectivity index (χ4v) is 3.89. The van der Waals surface area contributed by atoms with Crippen molar-refractivity contribution in [2.75, 3.05) is 6.54 Å². The fourth-order valence-electron chi connectivity index (χ4n) is 3.89. The van der Waals surface area contributed by atoms with Crippen molar-refractivity contribution >= 4 is 0 Å². The van der Waals surface area contributed by atoms with Gasteiger partial charge in [-0.05, 0) is 55.4 Å². The summed E-state index contributed by atoms with van der Waals surface area (Å²) in [7, 11) is 0. The van der Waals surface area contributed by atoms with E-state index in [1.54, 1.807) is 0 Å². The number of rotatable bonds is 6. The second-order valence-corrected chi connectivity index (χ2v) is 7.72. The molecule has 1 saturated carbocycles. The molecule has 0 heterocycles. The molecule has 0 aromatic rings. The van der Waals surface area contributed by atoms with Crippen molar-refractivity contribution < 1.29 is 0 Å². The Morgan fingerprint density at radius 3 is 2.16 bits per heavy atom. The lowest BCUT2D eigenvalue weighted by Gasteiger charge is -2.43. The maximum atomic E-state index is 3.76. The fraction of sp³-hybridized carbons (Fsp3) is 1.00. The second kappa shape index (κ2) is 7.67. The summed E-state index contributed by atoms with van der Waals surface area (Å²) in [5.41, 5.74) is 0.489. The Morgan fingerprint density at radius 1 is 1.05 bits per heavy atom. The summed E-state index contributed by atoms with van der Waals surface area (Å²) >= 11 is 0. The van der Waals surface area contributed by atoms with Crippen LogP contribution in [0.5, 0.6) is 0 Å². The second-order valence-electron chi connectivity index (χ2n) is 7.72. The lowest BCUT2D eigenvalue weighted by molar-refractivity contribution is 0.0994. The van der Waals surface area contributed by atoms with Gasteiger partial charge in [0.05, 0.1) is 0 Å². The van der Waals surface area contributed by atoms with Gasteiger partial charge in [0.15, 0.2) is 0 Å². The Morgan fingerprint density at radius 2 is 1.68 bits per heavy atom. The summed E-state index contributed by atoms with van der Waals surface area (Å²) < 4.78 is 0. The van der Waals surface area contributed by atoms with Crippen molar-refractivity contribution in [3.8, 4) is 0 Å². The van der Waals surface area contributed by atoms with Crippen LogP contribution in [-0.2, 0) is 0 Å². The van der Waals surface area contributed by atoms with Crippen LogP contribution in [0.25, 0.3) is 0 Å². The zero-order valence-electron chi connectivity index (χ0n) is 14.3. The van der Waals surface area contributed by atoms with E-state index in [9.17, 15) is 0 Å². The van der Waals surface area contributed by atoms with Crippen molar-refractivity contribution in [1.29, 1.82) is 0 Å². The molecular weight excluding hydrogens is 230 g/mol. The van der Waals surface area contributed by atoms with Crippen LogP contribution < -0.4 is 5.32 Å². The molecule has 1 fully saturated rings. The van der Waals surface area contributed by atoms with E-state index >= 15 is 0 Å². The van der Waals surface area contributed by atoms with Gasteiger partial charge in [0.1, 0.15) is 0 Å². The minimum Gasteiger partial charge on any atom is -0.314 e. The predicted molar refractivity (Wildman–Crippen MR) is 86.4 cm³/mol. The first-order chi connectivity index (χ1) is 8.92. The topological polar surface area (TPSA) is 12.0 Å². The molecule has 0 aliphatic heterocycles. The minimum atomic E-state index is 0.489. The Bertz CT molecular complexity index is 237. The molecule has 1 nitrogen and oxygen atoms in total. The zero-order valence-corrected chi connectivity index (χ0v) is 14.3. The van der Waals surface area contributed by atoms with Gasteiger partial charge in [-0.3, -0.25) is 0 Å². The quantitative estimate of drug-likeness (QED) is 0.693. The molecule has 0 aromatic carbocycles. The molecule has 0 amide bonds. The molecular formula is C18H37N. The first-order valence-electron chi connectivity index (χ1n) is 8.65. The van der Waals surface area contributed by atoms with E-state index in [2.05, 4.69) is 46.9 Å². The Kier molecular flexibility index (Phi) is 6.86. The smallest absolute Gasteiger partial charge is 0.00955 e. The molecule has 0 spiro atoms. The third kappa shape index (κ3) is 5.10. The Hall–Kier alpha value is -0.0400. The molecule has 3 unspecified atom stereocenters. The Labute approximate surface area is 121 Å². The van der Waals surface area contributed by atoms with Crippen LogP contribution in [0.15, 0.2) is 0 Å².